The predicted molar refractivity (Wildman–Crippen MR) is 133 cm³/mol. The molecule has 0 aliphatic rings. The summed E-state index contributed by atoms with van der Waals surface area (Å²) >= 11 is 0. The highest BCUT2D eigenvalue weighted by Crippen LogP contribution is 2.24. The average molecular weight is 497 g/mol. The molecule has 0 saturated carbocycles. The second-order valence-electron chi connectivity index (χ2n) is 7.82. The van der Waals surface area contributed by atoms with Crippen molar-refractivity contribution >= 4 is 27.6 Å². The second-order valence-corrected chi connectivity index (χ2v) is 9.76. The fourth-order valence-electron chi connectivity index (χ4n) is 3.51. The summed E-state index contributed by atoms with van der Waals surface area (Å²) in [5.74, 6) is -0.415. The van der Waals surface area contributed by atoms with Crippen molar-refractivity contribution in [2.24, 2.45) is 0 Å². The minimum atomic E-state index is -3.97. The molecule has 0 aliphatic heterocycles. The number of carbonyl (C=O) groups is 2. The van der Waals surface area contributed by atoms with E-state index >= 15 is 0 Å². The van der Waals surface area contributed by atoms with Crippen LogP contribution < -0.4 is 10.1 Å². The first-order valence-corrected chi connectivity index (χ1v) is 12.4. The molecule has 0 heterocycles. The normalized spacial score (nSPS) is 11.2. The summed E-state index contributed by atoms with van der Waals surface area (Å²) in [4.78, 5) is 24.5. The maximum absolute atomic E-state index is 13.5. The maximum atomic E-state index is 13.5. The summed E-state index contributed by atoms with van der Waals surface area (Å²) in [5.41, 5.74) is 2.40. The first-order valence-electron chi connectivity index (χ1n) is 10.9. The second kappa shape index (κ2) is 11.6. The third kappa shape index (κ3) is 6.68. The van der Waals surface area contributed by atoms with Gasteiger partial charge in [0.1, 0.15) is 5.75 Å². The Morgan fingerprint density at radius 3 is 2.23 bits per heavy atom. The van der Waals surface area contributed by atoms with Gasteiger partial charge >= 0.3 is 5.97 Å². The van der Waals surface area contributed by atoms with E-state index in [1.54, 1.807) is 25.1 Å². The lowest BCUT2D eigenvalue weighted by Crippen LogP contribution is -2.39. The van der Waals surface area contributed by atoms with Crippen LogP contribution in [0.25, 0.3) is 0 Å². The van der Waals surface area contributed by atoms with Crippen LogP contribution in [-0.4, -0.2) is 51.9 Å². The highest BCUT2D eigenvalue weighted by atomic mass is 32.2. The molecule has 184 valence electrons. The van der Waals surface area contributed by atoms with Crippen LogP contribution >= 0.6 is 0 Å². The van der Waals surface area contributed by atoms with E-state index in [4.69, 9.17) is 4.74 Å². The number of esters is 1. The largest absolute Gasteiger partial charge is 0.496 e. The minimum Gasteiger partial charge on any atom is -0.496 e. The molecule has 0 bridgehead atoms. The van der Waals surface area contributed by atoms with Gasteiger partial charge in [-0.1, -0.05) is 30.3 Å². The topological polar surface area (TPSA) is 102 Å². The average Bonchev–Trinajstić information content (AvgIpc) is 2.86. The number of carbonyl (C=O) groups excluding carboxylic acids is 2. The van der Waals surface area contributed by atoms with Gasteiger partial charge in [0.25, 0.3) is 0 Å². The Labute approximate surface area is 205 Å². The molecule has 3 aromatic rings. The van der Waals surface area contributed by atoms with Crippen LogP contribution in [0.2, 0.25) is 0 Å². The zero-order valence-electron chi connectivity index (χ0n) is 19.9. The summed E-state index contributed by atoms with van der Waals surface area (Å²) < 4.78 is 38.1. The van der Waals surface area contributed by atoms with Gasteiger partial charge in [-0.2, -0.15) is 4.31 Å². The van der Waals surface area contributed by atoms with E-state index < -0.39 is 21.9 Å². The Balaban J connectivity index is 1.81. The van der Waals surface area contributed by atoms with Crippen LogP contribution in [-0.2, 0) is 26.0 Å². The number of hydrogen-bond acceptors (Lipinski definition) is 6. The van der Waals surface area contributed by atoms with Gasteiger partial charge in [-0.25, -0.2) is 13.2 Å². The Kier molecular flexibility index (Phi) is 8.62. The zero-order chi connectivity index (χ0) is 25.4. The number of hydrogen-bond donors (Lipinski definition) is 1. The molecule has 3 aromatic carbocycles. The molecule has 0 unspecified atom stereocenters. The van der Waals surface area contributed by atoms with Gasteiger partial charge < -0.3 is 14.8 Å². The van der Waals surface area contributed by atoms with Crippen LogP contribution in [0.15, 0.2) is 77.7 Å². The van der Waals surface area contributed by atoms with Crippen molar-refractivity contribution in [3.8, 4) is 5.75 Å². The molecular formula is C26H28N2O6S. The van der Waals surface area contributed by atoms with E-state index in [1.165, 1.54) is 42.8 Å². The van der Waals surface area contributed by atoms with Crippen LogP contribution in [0.1, 0.15) is 21.5 Å². The molecule has 0 aliphatic carbocycles. The van der Waals surface area contributed by atoms with Crippen molar-refractivity contribution in [1.29, 1.82) is 0 Å². The van der Waals surface area contributed by atoms with E-state index in [0.29, 0.717) is 29.0 Å². The lowest BCUT2D eigenvalue weighted by molar-refractivity contribution is -0.116. The van der Waals surface area contributed by atoms with Gasteiger partial charge in [-0.3, -0.25) is 4.79 Å². The number of amides is 1. The van der Waals surface area contributed by atoms with E-state index in [1.807, 2.05) is 30.3 Å². The summed E-state index contributed by atoms with van der Waals surface area (Å²) in [6.07, 6.45) is 0.441. The molecule has 0 saturated heterocycles. The number of anilines is 1. The molecule has 1 N–H and O–H groups in total. The van der Waals surface area contributed by atoms with Crippen molar-refractivity contribution in [3.63, 3.8) is 0 Å². The lowest BCUT2D eigenvalue weighted by Gasteiger charge is -2.22. The first kappa shape index (κ1) is 25.9. The van der Waals surface area contributed by atoms with E-state index in [9.17, 15) is 18.0 Å². The Morgan fingerprint density at radius 1 is 0.943 bits per heavy atom. The molecule has 8 nitrogen and oxygen atoms in total. The van der Waals surface area contributed by atoms with Crippen molar-refractivity contribution in [2.45, 2.75) is 18.2 Å². The highest BCUT2D eigenvalue weighted by molar-refractivity contribution is 7.89. The summed E-state index contributed by atoms with van der Waals surface area (Å²) in [7, 11) is -1.17. The molecule has 1 amide bonds. The van der Waals surface area contributed by atoms with Crippen LogP contribution in [0.5, 0.6) is 5.75 Å². The van der Waals surface area contributed by atoms with Crippen LogP contribution in [0.3, 0.4) is 0 Å². The smallest absolute Gasteiger partial charge is 0.337 e. The number of methoxy groups -OCH3 is 2. The zero-order valence-corrected chi connectivity index (χ0v) is 20.7. The van der Waals surface area contributed by atoms with Crippen molar-refractivity contribution in [1.82, 2.24) is 4.31 Å². The van der Waals surface area contributed by atoms with E-state index in [-0.39, 0.29) is 18.0 Å². The molecule has 0 aromatic heterocycles. The summed E-state index contributed by atoms with van der Waals surface area (Å²) in [6.45, 7) is 1.50. The Hall–Kier alpha value is -3.69. The maximum Gasteiger partial charge on any atom is 0.337 e. The molecule has 9 heteroatoms. The first-order chi connectivity index (χ1) is 16.7. The van der Waals surface area contributed by atoms with Crippen molar-refractivity contribution in [3.05, 3.63) is 89.5 Å². The molecule has 0 atom stereocenters. The number of rotatable bonds is 10. The third-order valence-corrected chi connectivity index (χ3v) is 7.25. The molecule has 0 fully saturated rings. The third-order valence-electron chi connectivity index (χ3n) is 5.41. The van der Waals surface area contributed by atoms with Crippen LogP contribution in [0, 0.1) is 6.92 Å². The van der Waals surface area contributed by atoms with Gasteiger partial charge in [-0.05, 0) is 66.9 Å². The molecule has 0 radical (unpaired) electrons. The summed E-state index contributed by atoms with van der Waals surface area (Å²) in [6, 6.07) is 20.2. The van der Waals surface area contributed by atoms with Crippen molar-refractivity contribution < 1.29 is 27.5 Å². The van der Waals surface area contributed by atoms with Gasteiger partial charge in [0.2, 0.25) is 15.9 Å². The number of aryl methyl sites for hydroxylation is 1. The van der Waals surface area contributed by atoms with Gasteiger partial charge in [-0.15, -0.1) is 0 Å². The number of nitrogens with one attached hydrogen (secondary N) is 1. The van der Waals surface area contributed by atoms with Crippen molar-refractivity contribution in [2.75, 3.05) is 32.6 Å². The molecular weight excluding hydrogens is 468 g/mol. The highest BCUT2D eigenvalue weighted by Gasteiger charge is 2.27. The number of ether oxygens (including phenoxy) is 2. The predicted octanol–water partition coefficient (Wildman–Crippen LogP) is 3.66. The quantitative estimate of drug-likeness (QED) is 0.430. The van der Waals surface area contributed by atoms with E-state index in [2.05, 4.69) is 10.1 Å². The number of nitrogens with zero attached hydrogens (tertiary/aromatic N) is 1. The van der Waals surface area contributed by atoms with Gasteiger partial charge in [0.15, 0.2) is 0 Å². The fraction of sp³-hybridized carbons (Fsp3) is 0.231. The molecule has 35 heavy (non-hydrogen) atoms. The molecule has 0 spiro atoms. The Morgan fingerprint density at radius 2 is 1.63 bits per heavy atom. The lowest BCUT2D eigenvalue weighted by atomic mass is 10.1. The molecule has 3 rings (SSSR count). The number of sulfonamides is 1. The monoisotopic (exact) mass is 496 g/mol. The standard InChI is InChI=1S/C26H28N2O6S/c1-19-17-23(13-14-24(19)33-2)35(31,32)28(16-15-20-7-5-4-6-8-20)18-25(29)27-22-11-9-21(10-12-22)26(30)34-3/h4-14,17H,15-16,18H2,1-3H3,(H,27,29). The fourth-order valence-corrected chi connectivity index (χ4v) is 4.99. The van der Waals surface area contributed by atoms with Crippen LogP contribution in [0.4, 0.5) is 5.69 Å². The van der Waals surface area contributed by atoms with Gasteiger partial charge in [0, 0.05) is 12.2 Å². The van der Waals surface area contributed by atoms with Gasteiger partial charge in [0.05, 0.1) is 31.2 Å². The SMILES string of the molecule is COC(=O)c1ccc(NC(=O)CN(CCc2ccccc2)S(=O)(=O)c2ccc(OC)c(C)c2)cc1. The summed E-state index contributed by atoms with van der Waals surface area (Å²) in [5, 5.41) is 2.69. The minimum absolute atomic E-state index is 0.0825. The van der Waals surface area contributed by atoms with E-state index in [0.717, 1.165) is 5.56 Å². The Bertz CT molecular complexity index is 1270. The number of benzene rings is 3.